The Morgan fingerprint density at radius 1 is 1.47 bits per heavy atom. The second-order valence-electron chi connectivity index (χ2n) is 3.89. The van der Waals surface area contributed by atoms with E-state index in [1.54, 1.807) is 11.9 Å². The van der Waals surface area contributed by atoms with Crippen LogP contribution in [0.3, 0.4) is 0 Å². The number of halogens is 1. The predicted octanol–water partition coefficient (Wildman–Crippen LogP) is 1.30. The zero-order chi connectivity index (χ0) is 13.0. The van der Waals surface area contributed by atoms with Crippen molar-refractivity contribution >= 4 is 41.7 Å². The van der Waals surface area contributed by atoms with Crippen molar-refractivity contribution in [2.24, 2.45) is 10.7 Å². The lowest BCUT2D eigenvalue weighted by Gasteiger charge is -2.13. The molecule has 1 aromatic rings. The molecule has 0 bridgehead atoms. The molecular formula is C12H17IN4O2. The monoisotopic (exact) mass is 376 g/mol. The van der Waals surface area contributed by atoms with E-state index in [-0.39, 0.29) is 30.1 Å². The van der Waals surface area contributed by atoms with Gasteiger partial charge in [0.25, 0.3) is 0 Å². The van der Waals surface area contributed by atoms with Gasteiger partial charge in [0.2, 0.25) is 0 Å². The number of carbonyl (C=O) groups excluding carboxylic acids is 1. The zero-order valence-electron chi connectivity index (χ0n) is 10.6. The molecule has 0 unspecified atom stereocenters. The van der Waals surface area contributed by atoms with Crippen LogP contribution in [0.1, 0.15) is 5.56 Å². The molecule has 1 aliphatic heterocycles. The number of amides is 1. The first-order chi connectivity index (χ1) is 8.70. The van der Waals surface area contributed by atoms with Crippen molar-refractivity contribution in [1.29, 1.82) is 0 Å². The first kappa shape index (κ1) is 15.5. The summed E-state index contributed by atoms with van der Waals surface area (Å²) in [5, 5.41) is 2.97. The Kier molecular flexibility index (Phi) is 5.87. The first-order valence-corrected chi connectivity index (χ1v) is 5.70. The fraction of sp³-hybridized carbons (Fsp3) is 0.333. The van der Waals surface area contributed by atoms with Crippen LogP contribution in [-0.4, -0.2) is 32.3 Å². The maximum atomic E-state index is 11.4. The number of rotatable bonds is 3. The van der Waals surface area contributed by atoms with Crippen LogP contribution in [0.5, 0.6) is 0 Å². The SMILES string of the molecule is CN=C(N)NCc1ccc(N2CCOC2=O)cc1.I. The molecule has 6 nitrogen and oxygen atoms in total. The number of nitrogens with zero attached hydrogens (tertiary/aromatic N) is 2. The highest BCUT2D eigenvalue weighted by atomic mass is 127. The number of anilines is 1. The number of cyclic esters (lactones) is 1. The summed E-state index contributed by atoms with van der Waals surface area (Å²) in [5.74, 6) is 0.405. The van der Waals surface area contributed by atoms with Crippen molar-refractivity contribution < 1.29 is 9.53 Å². The number of guanidine groups is 1. The molecular weight excluding hydrogens is 359 g/mol. The maximum absolute atomic E-state index is 11.4. The molecule has 0 atom stereocenters. The highest BCUT2D eigenvalue weighted by Crippen LogP contribution is 2.18. The zero-order valence-corrected chi connectivity index (χ0v) is 13.0. The van der Waals surface area contributed by atoms with E-state index in [9.17, 15) is 4.79 Å². The third-order valence-corrected chi connectivity index (χ3v) is 2.72. The fourth-order valence-corrected chi connectivity index (χ4v) is 1.69. The van der Waals surface area contributed by atoms with Crippen molar-refractivity contribution in [2.75, 3.05) is 25.1 Å². The highest BCUT2D eigenvalue weighted by Gasteiger charge is 2.23. The van der Waals surface area contributed by atoms with E-state index in [0.29, 0.717) is 25.7 Å². The molecule has 0 aliphatic carbocycles. The molecule has 0 saturated carbocycles. The topological polar surface area (TPSA) is 79.9 Å². The Morgan fingerprint density at radius 2 is 2.16 bits per heavy atom. The average molecular weight is 376 g/mol. The maximum Gasteiger partial charge on any atom is 0.414 e. The van der Waals surface area contributed by atoms with Crippen LogP contribution in [-0.2, 0) is 11.3 Å². The third kappa shape index (κ3) is 3.98. The molecule has 19 heavy (non-hydrogen) atoms. The summed E-state index contributed by atoms with van der Waals surface area (Å²) in [6.45, 7) is 1.66. The molecule has 3 N–H and O–H groups in total. The Labute approximate surface area is 129 Å². The van der Waals surface area contributed by atoms with Crippen LogP contribution < -0.4 is 16.0 Å². The van der Waals surface area contributed by atoms with E-state index in [0.717, 1.165) is 11.3 Å². The molecule has 0 radical (unpaired) electrons. The van der Waals surface area contributed by atoms with Gasteiger partial charge in [0.05, 0.1) is 6.54 Å². The summed E-state index contributed by atoms with van der Waals surface area (Å²) in [6, 6.07) is 7.67. The molecule has 1 aliphatic rings. The van der Waals surface area contributed by atoms with E-state index in [2.05, 4.69) is 10.3 Å². The van der Waals surface area contributed by atoms with Crippen LogP contribution in [0.4, 0.5) is 10.5 Å². The van der Waals surface area contributed by atoms with Crippen LogP contribution in [0.2, 0.25) is 0 Å². The number of hydrogen-bond donors (Lipinski definition) is 2. The number of nitrogens with one attached hydrogen (secondary N) is 1. The van der Waals surface area contributed by atoms with Crippen LogP contribution >= 0.6 is 24.0 Å². The van der Waals surface area contributed by atoms with Crippen molar-refractivity contribution in [3.8, 4) is 0 Å². The quantitative estimate of drug-likeness (QED) is 0.474. The van der Waals surface area contributed by atoms with Crippen molar-refractivity contribution in [3.63, 3.8) is 0 Å². The number of benzene rings is 1. The van der Waals surface area contributed by atoms with E-state index >= 15 is 0 Å². The van der Waals surface area contributed by atoms with Crippen molar-refractivity contribution in [2.45, 2.75) is 6.54 Å². The fourth-order valence-electron chi connectivity index (χ4n) is 1.69. The highest BCUT2D eigenvalue weighted by molar-refractivity contribution is 14.0. The lowest BCUT2D eigenvalue weighted by atomic mass is 10.2. The number of carbonyl (C=O) groups is 1. The van der Waals surface area contributed by atoms with E-state index < -0.39 is 0 Å². The number of hydrogen-bond acceptors (Lipinski definition) is 3. The van der Waals surface area contributed by atoms with Crippen LogP contribution in [0.25, 0.3) is 0 Å². The molecule has 2 rings (SSSR count). The second kappa shape index (κ2) is 7.17. The van der Waals surface area contributed by atoms with Crippen molar-refractivity contribution in [1.82, 2.24) is 5.32 Å². The van der Waals surface area contributed by atoms with Gasteiger partial charge in [-0.1, -0.05) is 12.1 Å². The van der Waals surface area contributed by atoms with Gasteiger partial charge in [-0.05, 0) is 17.7 Å². The molecule has 1 saturated heterocycles. The Balaban J connectivity index is 0.00000180. The molecule has 7 heteroatoms. The molecule has 1 aromatic carbocycles. The molecule has 0 aromatic heterocycles. The average Bonchev–Trinajstić information content (AvgIpc) is 2.83. The van der Waals surface area contributed by atoms with Gasteiger partial charge in [0, 0.05) is 19.3 Å². The summed E-state index contributed by atoms with van der Waals surface area (Å²) in [4.78, 5) is 16.8. The summed E-state index contributed by atoms with van der Waals surface area (Å²) in [7, 11) is 1.63. The van der Waals surface area contributed by atoms with Gasteiger partial charge in [-0.15, -0.1) is 24.0 Å². The number of nitrogens with two attached hydrogens (primary N) is 1. The Bertz CT molecular complexity index is 461. The number of ether oxygens (including phenoxy) is 1. The standard InChI is InChI=1S/C12H16N4O2.HI/c1-14-11(13)15-8-9-2-4-10(5-3-9)16-6-7-18-12(16)17;/h2-5H,6-8H2,1H3,(H3,13,14,15);1H. The first-order valence-electron chi connectivity index (χ1n) is 5.70. The summed E-state index contributed by atoms with van der Waals surface area (Å²) in [5.41, 5.74) is 7.45. The largest absolute Gasteiger partial charge is 0.447 e. The molecule has 1 amide bonds. The molecule has 104 valence electrons. The normalized spacial score (nSPS) is 14.9. The summed E-state index contributed by atoms with van der Waals surface area (Å²) >= 11 is 0. The minimum atomic E-state index is -0.289. The van der Waals surface area contributed by atoms with Crippen molar-refractivity contribution in [3.05, 3.63) is 29.8 Å². The van der Waals surface area contributed by atoms with Gasteiger partial charge in [0.1, 0.15) is 6.61 Å². The summed E-state index contributed by atoms with van der Waals surface area (Å²) < 4.78 is 4.89. The van der Waals surface area contributed by atoms with Gasteiger partial charge in [0.15, 0.2) is 5.96 Å². The minimum absolute atomic E-state index is 0. The summed E-state index contributed by atoms with van der Waals surface area (Å²) in [6.07, 6.45) is -0.289. The van der Waals surface area contributed by atoms with Gasteiger partial charge < -0.3 is 15.8 Å². The molecule has 1 heterocycles. The lowest BCUT2D eigenvalue weighted by Crippen LogP contribution is -2.30. The van der Waals surface area contributed by atoms with Gasteiger partial charge in [-0.25, -0.2) is 4.79 Å². The second-order valence-corrected chi connectivity index (χ2v) is 3.89. The Hall–Kier alpha value is -1.51. The molecule has 0 spiro atoms. The third-order valence-electron chi connectivity index (χ3n) is 2.72. The lowest BCUT2D eigenvalue weighted by molar-refractivity contribution is 0.181. The number of aliphatic imine (C=N–C) groups is 1. The van der Waals surface area contributed by atoms with E-state index in [4.69, 9.17) is 10.5 Å². The molecule has 1 fully saturated rings. The minimum Gasteiger partial charge on any atom is -0.447 e. The van der Waals surface area contributed by atoms with Gasteiger partial charge >= 0.3 is 6.09 Å². The van der Waals surface area contributed by atoms with Crippen LogP contribution in [0, 0.1) is 0 Å². The van der Waals surface area contributed by atoms with E-state index in [1.807, 2.05) is 24.3 Å². The van der Waals surface area contributed by atoms with Crippen LogP contribution in [0.15, 0.2) is 29.3 Å². The smallest absolute Gasteiger partial charge is 0.414 e. The van der Waals surface area contributed by atoms with Gasteiger partial charge in [-0.3, -0.25) is 9.89 Å². The predicted molar refractivity (Wildman–Crippen MR) is 84.9 cm³/mol. The van der Waals surface area contributed by atoms with E-state index in [1.165, 1.54) is 0 Å². The Morgan fingerprint density at radius 3 is 2.68 bits per heavy atom. The van der Waals surface area contributed by atoms with Gasteiger partial charge in [-0.2, -0.15) is 0 Å².